The van der Waals surface area contributed by atoms with Gasteiger partial charge in [-0.15, -0.1) is 11.3 Å². The third-order valence-corrected chi connectivity index (χ3v) is 4.92. The average molecular weight is 310 g/mol. The van der Waals surface area contributed by atoms with Gasteiger partial charge in [-0.2, -0.15) is 0 Å². The predicted molar refractivity (Wildman–Crippen MR) is 92.0 cm³/mol. The largest absolute Gasteiger partial charge is 0.315 e. The van der Waals surface area contributed by atoms with Crippen molar-refractivity contribution in [3.8, 4) is 0 Å². The van der Waals surface area contributed by atoms with E-state index in [0.717, 1.165) is 25.6 Å². The van der Waals surface area contributed by atoms with E-state index in [1.54, 1.807) is 0 Å². The van der Waals surface area contributed by atoms with Crippen LogP contribution in [0, 0.1) is 5.92 Å². The number of nitrogens with one attached hydrogen (secondary N) is 1. The average Bonchev–Trinajstić information content (AvgIpc) is 2.99. The van der Waals surface area contributed by atoms with Gasteiger partial charge in [0.1, 0.15) is 5.01 Å². The van der Waals surface area contributed by atoms with Crippen LogP contribution in [-0.4, -0.2) is 35.6 Å². The highest BCUT2D eigenvalue weighted by atomic mass is 32.1. The third-order valence-electron chi connectivity index (χ3n) is 4.09. The van der Waals surface area contributed by atoms with Crippen LogP contribution < -0.4 is 5.32 Å². The van der Waals surface area contributed by atoms with Gasteiger partial charge in [0.25, 0.3) is 0 Å². The topological polar surface area (TPSA) is 28.2 Å². The van der Waals surface area contributed by atoms with Gasteiger partial charge in [-0.3, -0.25) is 4.90 Å². The second-order valence-electron chi connectivity index (χ2n) is 7.70. The number of likely N-dealkylation sites (tertiary alicyclic amines) is 1. The van der Waals surface area contributed by atoms with Gasteiger partial charge in [-0.05, 0) is 31.8 Å². The van der Waals surface area contributed by atoms with Crippen LogP contribution in [0.2, 0.25) is 0 Å². The Hall–Kier alpha value is -0.450. The summed E-state index contributed by atoms with van der Waals surface area (Å²) in [6.07, 6.45) is 2.65. The number of aromatic nitrogens is 1. The standard InChI is InChI=1S/C17H31N3S/c1-13(2)9-18-10-14-7-6-8-20(14)11-16-19-15(12-21-16)17(3,4)5/h12-14,18H,6-11H2,1-5H3. The lowest BCUT2D eigenvalue weighted by Crippen LogP contribution is -2.38. The van der Waals surface area contributed by atoms with E-state index in [4.69, 9.17) is 4.98 Å². The summed E-state index contributed by atoms with van der Waals surface area (Å²) in [6.45, 7) is 15.7. The molecule has 1 unspecified atom stereocenters. The highest BCUT2D eigenvalue weighted by Gasteiger charge is 2.25. The molecule has 4 heteroatoms. The lowest BCUT2D eigenvalue weighted by atomic mass is 9.93. The van der Waals surface area contributed by atoms with Crippen LogP contribution in [0.4, 0.5) is 0 Å². The van der Waals surface area contributed by atoms with Crippen LogP contribution >= 0.6 is 11.3 Å². The summed E-state index contributed by atoms with van der Waals surface area (Å²) in [4.78, 5) is 7.45. The second kappa shape index (κ2) is 7.21. The number of hydrogen-bond donors (Lipinski definition) is 1. The van der Waals surface area contributed by atoms with Crippen molar-refractivity contribution in [2.24, 2.45) is 5.92 Å². The van der Waals surface area contributed by atoms with E-state index in [9.17, 15) is 0 Å². The Kier molecular flexibility index (Phi) is 5.81. The molecule has 1 aliphatic heterocycles. The van der Waals surface area contributed by atoms with Crippen molar-refractivity contribution in [2.45, 2.75) is 65.5 Å². The zero-order valence-electron chi connectivity index (χ0n) is 14.3. The fourth-order valence-corrected chi connectivity index (χ4v) is 3.82. The Morgan fingerprint density at radius 2 is 2.19 bits per heavy atom. The van der Waals surface area contributed by atoms with E-state index in [0.29, 0.717) is 6.04 Å². The van der Waals surface area contributed by atoms with Crippen LogP contribution in [0.15, 0.2) is 5.38 Å². The molecule has 0 aromatic carbocycles. The van der Waals surface area contributed by atoms with Crippen LogP contribution in [0.5, 0.6) is 0 Å². The molecule has 1 aromatic rings. The minimum absolute atomic E-state index is 0.165. The zero-order valence-corrected chi connectivity index (χ0v) is 15.1. The molecule has 0 saturated carbocycles. The van der Waals surface area contributed by atoms with Gasteiger partial charge < -0.3 is 5.32 Å². The maximum atomic E-state index is 4.84. The molecular weight excluding hydrogens is 278 g/mol. The molecule has 2 rings (SSSR count). The molecule has 120 valence electrons. The molecule has 0 spiro atoms. The summed E-state index contributed by atoms with van der Waals surface area (Å²) in [5.41, 5.74) is 1.40. The summed E-state index contributed by atoms with van der Waals surface area (Å²) in [6, 6.07) is 0.686. The monoisotopic (exact) mass is 309 g/mol. The second-order valence-corrected chi connectivity index (χ2v) is 8.64. The molecule has 21 heavy (non-hydrogen) atoms. The van der Waals surface area contributed by atoms with Crippen LogP contribution in [-0.2, 0) is 12.0 Å². The molecule has 0 aliphatic carbocycles. The number of thiazole rings is 1. The van der Waals surface area contributed by atoms with Crippen molar-refractivity contribution in [1.82, 2.24) is 15.2 Å². The normalized spacial score (nSPS) is 20.6. The summed E-state index contributed by atoms with van der Waals surface area (Å²) in [5.74, 6) is 0.730. The van der Waals surface area contributed by atoms with Crippen LogP contribution in [0.3, 0.4) is 0 Å². The van der Waals surface area contributed by atoms with Crippen LogP contribution in [0.1, 0.15) is 58.2 Å². The first-order valence-corrected chi connectivity index (χ1v) is 9.14. The van der Waals surface area contributed by atoms with Crippen molar-refractivity contribution in [1.29, 1.82) is 0 Å². The Balaban J connectivity index is 1.87. The molecule has 0 amide bonds. The first-order chi connectivity index (χ1) is 9.86. The molecule has 0 bridgehead atoms. The number of nitrogens with zero attached hydrogens (tertiary/aromatic N) is 2. The van der Waals surface area contributed by atoms with Gasteiger partial charge in [0.2, 0.25) is 0 Å². The van der Waals surface area contributed by atoms with Gasteiger partial charge >= 0.3 is 0 Å². The van der Waals surface area contributed by atoms with Gasteiger partial charge in [-0.25, -0.2) is 4.98 Å². The Bertz CT molecular complexity index is 433. The van der Waals surface area contributed by atoms with E-state index >= 15 is 0 Å². The highest BCUT2D eigenvalue weighted by Crippen LogP contribution is 2.26. The molecule has 3 nitrogen and oxygen atoms in total. The number of hydrogen-bond acceptors (Lipinski definition) is 4. The quantitative estimate of drug-likeness (QED) is 0.869. The van der Waals surface area contributed by atoms with Crippen molar-refractivity contribution in [3.05, 3.63) is 16.1 Å². The SMILES string of the molecule is CC(C)CNCC1CCCN1Cc1nc(C(C)(C)C)cs1. The lowest BCUT2D eigenvalue weighted by molar-refractivity contribution is 0.237. The predicted octanol–water partition coefficient (Wildman–Crippen LogP) is 3.65. The molecule has 1 aromatic heterocycles. The fourth-order valence-electron chi connectivity index (χ4n) is 2.77. The molecule has 1 saturated heterocycles. The molecule has 0 radical (unpaired) electrons. The van der Waals surface area contributed by atoms with Gasteiger partial charge in [0.05, 0.1) is 12.2 Å². The molecule has 1 N–H and O–H groups in total. The zero-order chi connectivity index (χ0) is 15.5. The summed E-state index contributed by atoms with van der Waals surface area (Å²) in [7, 11) is 0. The Labute approximate surface area is 134 Å². The van der Waals surface area contributed by atoms with E-state index in [2.05, 4.69) is 50.2 Å². The van der Waals surface area contributed by atoms with Gasteiger partial charge in [-0.1, -0.05) is 34.6 Å². The Morgan fingerprint density at radius 3 is 2.81 bits per heavy atom. The maximum Gasteiger partial charge on any atom is 0.107 e. The van der Waals surface area contributed by atoms with E-state index < -0.39 is 0 Å². The molecule has 1 fully saturated rings. The Morgan fingerprint density at radius 1 is 1.43 bits per heavy atom. The van der Waals surface area contributed by atoms with E-state index in [1.807, 2.05) is 11.3 Å². The van der Waals surface area contributed by atoms with Gasteiger partial charge in [0.15, 0.2) is 0 Å². The third kappa shape index (κ3) is 5.04. The number of rotatable bonds is 6. The van der Waals surface area contributed by atoms with Crippen molar-refractivity contribution >= 4 is 11.3 Å². The molecule has 1 atom stereocenters. The minimum Gasteiger partial charge on any atom is -0.315 e. The maximum absolute atomic E-state index is 4.84. The molecular formula is C17H31N3S. The first kappa shape index (κ1) is 16.9. The van der Waals surface area contributed by atoms with Crippen LogP contribution in [0.25, 0.3) is 0 Å². The van der Waals surface area contributed by atoms with E-state index in [1.165, 1.54) is 30.1 Å². The summed E-state index contributed by atoms with van der Waals surface area (Å²) in [5, 5.41) is 7.12. The highest BCUT2D eigenvalue weighted by molar-refractivity contribution is 7.09. The lowest BCUT2D eigenvalue weighted by Gasteiger charge is -2.24. The van der Waals surface area contributed by atoms with Crippen molar-refractivity contribution in [2.75, 3.05) is 19.6 Å². The van der Waals surface area contributed by atoms with Crippen molar-refractivity contribution < 1.29 is 0 Å². The molecule has 2 heterocycles. The van der Waals surface area contributed by atoms with Crippen molar-refractivity contribution in [3.63, 3.8) is 0 Å². The fraction of sp³-hybridized carbons (Fsp3) is 0.824. The summed E-state index contributed by atoms with van der Waals surface area (Å²) < 4.78 is 0. The first-order valence-electron chi connectivity index (χ1n) is 8.26. The molecule has 1 aliphatic rings. The smallest absolute Gasteiger partial charge is 0.107 e. The van der Waals surface area contributed by atoms with Gasteiger partial charge in [0, 0.05) is 23.4 Å². The minimum atomic E-state index is 0.165. The van der Waals surface area contributed by atoms with E-state index in [-0.39, 0.29) is 5.41 Å². The summed E-state index contributed by atoms with van der Waals surface area (Å²) >= 11 is 1.82.